The Morgan fingerprint density at radius 3 is 2.56 bits per heavy atom. The van der Waals surface area contributed by atoms with Gasteiger partial charge in [0.1, 0.15) is 0 Å². The molecule has 0 aromatic carbocycles. The SMILES string of the molecule is CC(C)OCCNC(=O)CCCCCCN. The van der Waals surface area contributed by atoms with E-state index in [4.69, 9.17) is 10.5 Å². The lowest BCUT2D eigenvalue weighted by Gasteiger charge is -2.08. The number of carbonyl (C=O) groups is 1. The molecule has 0 saturated carbocycles. The number of nitrogens with two attached hydrogens (primary N) is 1. The quantitative estimate of drug-likeness (QED) is 0.558. The van der Waals surface area contributed by atoms with Crippen LogP contribution in [0.3, 0.4) is 0 Å². The zero-order chi connectivity index (χ0) is 12.2. The molecule has 16 heavy (non-hydrogen) atoms. The number of hydrogen-bond donors (Lipinski definition) is 2. The maximum Gasteiger partial charge on any atom is 0.220 e. The molecule has 0 spiro atoms. The van der Waals surface area contributed by atoms with E-state index in [0.717, 1.165) is 32.2 Å². The van der Waals surface area contributed by atoms with Crippen LogP contribution in [-0.4, -0.2) is 31.7 Å². The number of ether oxygens (including phenoxy) is 1. The van der Waals surface area contributed by atoms with Gasteiger partial charge in [0.2, 0.25) is 5.91 Å². The van der Waals surface area contributed by atoms with Gasteiger partial charge in [-0.25, -0.2) is 0 Å². The summed E-state index contributed by atoms with van der Waals surface area (Å²) in [7, 11) is 0. The summed E-state index contributed by atoms with van der Waals surface area (Å²) >= 11 is 0. The maximum atomic E-state index is 11.3. The Balaban J connectivity index is 3.18. The Morgan fingerprint density at radius 2 is 1.94 bits per heavy atom. The number of rotatable bonds is 10. The summed E-state index contributed by atoms with van der Waals surface area (Å²) in [6.07, 6.45) is 5.08. The van der Waals surface area contributed by atoms with Crippen molar-refractivity contribution in [1.82, 2.24) is 5.32 Å². The molecule has 0 saturated heterocycles. The molecule has 0 aromatic rings. The number of carbonyl (C=O) groups excluding carboxylic acids is 1. The summed E-state index contributed by atoms with van der Waals surface area (Å²) < 4.78 is 5.32. The van der Waals surface area contributed by atoms with Gasteiger partial charge in [0.05, 0.1) is 12.7 Å². The van der Waals surface area contributed by atoms with Crippen molar-refractivity contribution in [3.05, 3.63) is 0 Å². The maximum absolute atomic E-state index is 11.3. The summed E-state index contributed by atoms with van der Waals surface area (Å²) in [5, 5.41) is 2.84. The van der Waals surface area contributed by atoms with E-state index in [2.05, 4.69) is 5.32 Å². The van der Waals surface area contributed by atoms with Gasteiger partial charge in [0, 0.05) is 13.0 Å². The molecule has 0 heterocycles. The zero-order valence-electron chi connectivity index (χ0n) is 10.6. The highest BCUT2D eigenvalue weighted by atomic mass is 16.5. The predicted molar refractivity (Wildman–Crippen MR) is 66.2 cm³/mol. The van der Waals surface area contributed by atoms with Gasteiger partial charge in [-0.1, -0.05) is 12.8 Å². The minimum absolute atomic E-state index is 0.125. The molecule has 96 valence electrons. The van der Waals surface area contributed by atoms with E-state index >= 15 is 0 Å². The molecule has 0 atom stereocenters. The molecule has 0 aliphatic carbocycles. The third-order valence-corrected chi connectivity index (χ3v) is 2.23. The second-order valence-electron chi connectivity index (χ2n) is 4.22. The van der Waals surface area contributed by atoms with Crippen molar-refractivity contribution in [3.63, 3.8) is 0 Å². The Hall–Kier alpha value is -0.610. The van der Waals surface area contributed by atoms with Crippen molar-refractivity contribution in [2.45, 2.75) is 52.1 Å². The first-order chi connectivity index (χ1) is 7.66. The Kier molecular flexibility index (Phi) is 10.5. The molecule has 0 aliphatic heterocycles. The summed E-state index contributed by atoms with van der Waals surface area (Å²) in [6.45, 7) is 5.92. The molecular formula is C12H26N2O2. The zero-order valence-corrected chi connectivity index (χ0v) is 10.6. The lowest BCUT2D eigenvalue weighted by atomic mass is 10.1. The van der Waals surface area contributed by atoms with Gasteiger partial charge in [-0.2, -0.15) is 0 Å². The third-order valence-electron chi connectivity index (χ3n) is 2.23. The van der Waals surface area contributed by atoms with Crippen molar-refractivity contribution in [3.8, 4) is 0 Å². The van der Waals surface area contributed by atoms with Gasteiger partial charge < -0.3 is 15.8 Å². The standard InChI is InChI=1S/C12H26N2O2/c1-11(2)16-10-9-14-12(15)7-5-3-4-6-8-13/h11H,3-10,13H2,1-2H3,(H,14,15). The fourth-order valence-electron chi connectivity index (χ4n) is 1.36. The van der Waals surface area contributed by atoms with Crippen LogP contribution >= 0.6 is 0 Å². The molecule has 0 aromatic heterocycles. The predicted octanol–water partition coefficient (Wildman–Crippen LogP) is 1.44. The van der Waals surface area contributed by atoms with Crippen molar-refractivity contribution in [2.24, 2.45) is 5.73 Å². The van der Waals surface area contributed by atoms with E-state index in [1.54, 1.807) is 0 Å². The molecule has 0 rings (SSSR count). The Labute approximate surface area is 98.9 Å². The molecule has 0 aliphatic rings. The molecule has 1 amide bonds. The van der Waals surface area contributed by atoms with Crippen molar-refractivity contribution >= 4 is 5.91 Å². The molecule has 0 bridgehead atoms. The van der Waals surface area contributed by atoms with Crippen molar-refractivity contribution in [1.29, 1.82) is 0 Å². The lowest BCUT2D eigenvalue weighted by molar-refractivity contribution is -0.121. The molecule has 0 fully saturated rings. The topological polar surface area (TPSA) is 64.3 Å². The minimum Gasteiger partial charge on any atom is -0.377 e. The van der Waals surface area contributed by atoms with E-state index < -0.39 is 0 Å². The number of hydrogen-bond acceptors (Lipinski definition) is 3. The van der Waals surface area contributed by atoms with Crippen LogP contribution in [0.5, 0.6) is 0 Å². The van der Waals surface area contributed by atoms with E-state index in [-0.39, 0.29) is 12.0 Å². The summed E-state index contributed by atoms with van der Waals surface area (Å²) in [4.78, 5) is 11.3. The van der Waals surface area contributed by atoms with Crippen molar-refractivity contribution < 1.29 is 9.53 Å². The molecular weight excluding hydrogens is 204 g/mol. The van der Waals surface area contributed by atoms with Gasteiger partial charge in [0.25, 0.3) is 0 Å². The van der Waals surface area contributed by atoms with E-state index in [9.17, 15) is 4.79 Å². The third kappa shape index (κ3) is 11.5. The Morgan fingerprint density at radius 1 is 1.25 bits per heavy atom. The average Bonchev–Trinajstić information content (AvgIpc) is 2.24. The van der Waals surface area contributed by atoms with Crippen molar-refractivity contribution in [2.75, 3.05) is 19.7 Å². The van der Waals surface area contributed by atoms with Gasteiger partial charge in [0.15, 0.2) is 0 Å². The number of nitrogens with one attached hydrogen (secondary N) is 1. The smallest absolute Gasteiger partial charge is 0.220 e. The monoisotopic (exact) mass is 230 g/mol. The Bertz CT molecular complexity index is 172. The largest absolute Gasteiger partial charge is 0.377 e. The lowest BCUT2D eigenvalue weighted by Crippen LogP contribution is -2.27. The van der Waals surface area contributed by atoms with Gasteiger partial charge in [-0.3, -0.25) is 4.79 Å². The van der Waals surface area contributed by atoms with Crippen LogP contribution in [0.25, 0.3) is 0 Å². The molecule has 4 nitrogen and oxygen atoms in total. The molecule has 0 unspecified atom stereocenters. The number of amides is 1. The van der Waals surface area contributed by atoms with Crippen LogP contribution < -0.4 is 11.1 Å². The second-order valence-corrected chi connectivity index (χ2v) is 4.22. The van der Waals surface area contributed by atoms with Crippen LogP contribution in [0.1, 0.15) is 46.0 Å². The van der Waals surface area contributed by atoms with E-state index in [0.29, 0.717) is 19.6 Å². The van der Waals surface area contributed by atoms with E-state index in [1.807, 2.05) is 13.8 Å². The van der Waals surface area contributed by atoms with Crippen LogP contribution in [-0.2, 0) is 9.53 Å². The summed E-state index contributed by atoms with van der Waals surface area (Å²) in [5.41, 5.74) is 5.38. The first-order valence-electron chi connectivity index (χ1n) is 6.25. The molecule has 3 N–H and O–H groups in total. The van der Waals surface area contributed by atoms with Crippen LogP contribution in [0.15, 0.2) is 0 Å². The summed E-state index contributed by atoms with van der Waals surface area (Å²) in [5.74, 6) is 0.125. The molecule has 4 heteroatoms. The highest BCUT2D eigenvalue weighted by molar-refractivity contribution is 5.75. The first kappa shape index (κ1) is 15.4. The minimum atomic E-state index is 0.125. The number of unbranched alkanes of at least 4 members (excludes halogenated alkanes) is 3. The second kappa shape index (κ2) is 10.9. The molecule has 0 radical (unpaired) electrons. The van der Waals surface area contributed by atoms with E-state index in [1.165, 1.54) is 0 Å². The fraction of sp³-hybridized carbons (Fsp3) is 0.917. The van der Waals surface area contributed by atoms with Gasteiger partial charge in [-0.05, 0) is 33.2 Å². The van der Waals surface area contributed by atoms with Gasteiger partial charge >= 0.3 is 0 Å². The van der Waals surface area contributed by atoms with Crippen LogP contribution in [0.4, 0.5) is 0 Å². The highest BCUT2D eigenvalue weighted by Crippen LogP contribution is 2.01. The van der Waals surface area contributed by atoms with Gasteiger partial charge in [-0.15, -0.1) is 0 Å². The average molecular weight is 230 g/mol. The van der Waals surface area contributed by atoms with Crippen LogP contribution in [0.2, 0.25) is 0 Å². The normalized spacial score (nSPS) is 10.8. The highest BCUT2D eigenvalue weighted by Gasteiger charge is 2.00. The van der Waals surface area contributed by atoms with Crippen LogP contribution in [0, 0.1) is 0 Å². The fourth-order valence-corrected chi connectivity index (χ4v) is 1.36. The summed E-state index contributed by atoms with van der Waals surface area (Å²) in [6, 6.07) is 0. The first-order valence-corrected chi connectivity index (χ1v) is 6.25.